The molecule has 0 saturated heterocycles. The second-order valence-electron chi connectivity index (χ2n) is 5.35. The summed E-state index contributed by atoms with van der Waals surface area (Å²) in [5, 5.41) is 0. The van der Waals surface area contributed by atoms with Crippen LogP contribution in [0, 0.1) is 0 Å². The van der Waals surface area contributed by atoms with Crippen LogP contribution in [-0.4, -0.2) is 0 Å². The summed E-state index contributed by atoms with van der Waals surface area (Å²) in [6.45, 7) is 9.18. The van der Waals surface area contributed by atoms with Crippen LogP contribution in [0.3, 0.4) is 0 Å². The van der Waals surface area contributed by atoms with E-state index in [4.69, 9.17) is 0 Å². The van der Waals surface area contributed by atoms with Gasteiger partial charge in [-0.15, -0.1) is 0 Å². The predicted octanol–water partition coefficient (Wildman–Crippen LogP) is 5.50. The van der Waals surface area contributed by atoms with E-state index in [0.717, 1.165) is 0 Å². The fourth-order valence-electron chi connectivity index (χ4n) is 2.46. The SMILES string of the molecule is CCCCc1cccc(C(C)C)c1CCCC. The molecule has 0 aliphatic carbocycles. The Labute approximate surface area is 107 Å². The van der Waals surface area contributed by atoms with E-state index in [2.05, 4.69) is 45.9 Å². The van der Waals surface area contributed by atoms with E-state index in [9.17, 15) is 0 Å². The van der Waals surface area contributed by atoms with Gasteiger partial charge in [-0.2, -0.15) is 0 Å². The number of rotatable bonds is 7. The fourth-order valence-corrected chi connectivity index (χ4v) is 2.46. The summed E-state index contributed by atoms with van der Waals surface area (Å²) in [4.78, 5) is 0. The van der Waals surface area contributed by atoms with Crippen molar-refractivity contribution in [3.8, 4) is 0 Å². The van der Waals surface area contributed by atoms with Gasteiger partial charge in [0.2, 0.25) is 0 Å². The van der Waals surface area contributed by atoms with Gasteiger partial charge in [-0.25, -0.2) is 0 Å². The molecular formula is C17H28. The normalized spacial score (nSPS) is 11.1. The molecule has 0 radical (unpaired) electrons. The summed E-state index contributed by atoms with van der Waals surface area (Å²) in [5.74, 6) is 0.656. The second-order valence-corrected chi connectivity index (χ2v) is 5.35. The van der Waals surface area contributed by atoms with Crippen LogP contribution in [0.25, 0.3) is 0 Å². The molecule has 0 aliphatic heterocycles. The molecule has 1 rings (SSSR count). The van der Waals surface area contributed by atoms with E-state index in [1.54, 1.807) is 16.7 Å². The average Bonchev–Trinajstić information content (AvgIpc) is 2.33. The largest absolute Gasteiger partial charge is 0.0654 e. The molecule has 0 aromatic heterocycles. The van der Waals surface area contributed by atoms with Crippen molar-refractivity contribution in [3.05, 3.63) is 34.9 Å². The van der Waals surface area contributed by atoms with Gasteiger partial charge in [-0.1, -0.05) is 58.7 Å². The first kappa shape index (κ1) is 14.3. The Hall–Kier alpha value is -0.780. The molecule has 0 saturated carbocycles. The van der Waals surface area contributed by atoms with Crippen molar-refractivity contribution in [1.82, 2.24) is 0 Å². The van der Waals surface area contributed by atoms with Gasteiger partial charge in [0.15, 0.2) is 0 Å². The fraction of sp³-hybridized carbons (Fsp3) is 0.647. The Morgan fingerprint density at radius 3 is 2.18 bits per heavy atom. The van der Waals surface area contributed by atoms with Crippen LogP contribution in [0.4, 0.5) is 0 Å². The zero-order valence-electron chi connectivity index (χ0n) is 12.1. The van der Waals surface area contributed by atoms with Gasteiger partial charge in [0.25, 0.3) is 0 Å². The van der Waals surface area contributed by atoms with Gasteiger partial charge in [0, 0.05) is 0 Å². The monoisotopic (exact) mass is 232 g/mol. The summed E-state index contributed by atoms with van der Waals surface area (Å²) in [5.41, 5.74) is 4.83. The van der Waals surface area contributed by atoms with Crippen LogP contribution in [0.2, 0.25) is 0 Å². The predicted molar refractivity (Wildman–Crippen MR) is 77.8 cm³/mol. The molecule has 17 heavy (non-hydrogen) atoms. The summed E-state index contributed by atoms with van der Waals surface area (Å²) in [6, 6.07) is 6.91. The van der Waals surface area contributed by atoms with Gasteiger partial charge in [0.05, 0.1) is 0 Å². The third-order valence-corrected chi connectivity index (χ3v) is 3.51. The van der Waals surface area contributed by atoms with Gasteiger partial charge in [-0.05, 0) is 48.3 Å². The topological polar surface area (TPSA) is 0 Å². The molecular weight excluding hydrogens is 204 g/mol. The van der Waals surface area contributed by atoms with Crippen molar-refractivity contribution < 1.29 is 0 Å². The zero-order valence-corrected chi connectivity index (χ0v) is 12.1. The molecule has 0 fully saturated rings. The zero-order chi connectivity index (χ0) is 12.7. The Bertz CT molecular complexity index is 323. The van der Waals surface area contributed by atoms with Gasteiger partial charge in [-0.3, -0.25) is 0 Å². The molecule has 0 nitrogen and oxygen atoms in total. The van der Waals surface area contributed by atoms with Crippen LogP contribution in [0.5, 0.6) is 0 Å². The third kappa shape index (κ3) is 4.18. The molecule has 0 atom stereocenters. The molecule has 0 bridgehead atoms. The van der Waals surface area contributed by atoms with Gasteiger partial charge in [0.1, 0.15) is 0 Å². The van der Waals surface area contributed by atoms with Gasteiger partial charge < -0.3 is 0 Å². The van der Waals surface area contributed by atoms with E-state index in [-0.39, 0.29) is 0 Å². The van der Waals surface area contributed by atoms with Crippen molar-refractivity contribution in [2.24, 2.45) is 0 Å². The first-order valence-electron chi connectivity index (χ1n) is 7.31. The third-order valence-electron chi connectivity index (χ3n) is 3.51. The van der Waals surface area contributed by atoms with Gasteiger partial charge >= 0.3 is 0 Å². The minimum absolute atomic E-state index is 0.656. The maximum Gasteiger partial charge on any atom is -0.0216 e. The van der Waals surface area contributed by atoms with Crippen LogP contribution < -0.4 is 0 Å². The van der Waals surface area contributed by atoms with Crippen LogP contribution >= 0.6 is 0 Å². The minimum Gasteiger partial charge on any atom is -0.0654 e. The van der Waals surface area contributed by atoms with E-state index in [1.165, 1.54) is 38.5 Å². The molecule has 0 aliphatic rings. The lowest BCUT2D eigenvalue weighted by Crippen LogP contribution is -2.02. The van der Waals surface area contributed by atoms with E-state index in [1.807, 2.05) is 0 Å². The molecule has 1 aromatic carbocycles. The Kier molecular flexibility index (Phi) is 6.32. The molecule has 1 aromatic rings. The maximum atomic E-state index is 2.34. The Morgan fingerprint density at radius 2 is 1.59 bits per heavy atom. The lowest BCUT2D eigenvalue weighted by molar-refractivity contribution is 0.737. The quantitative estimate of drug-likeness (QED) is 0.582. The Morgan fingerprint density at radius 1 is 0.941 bits per heavy atom. The molecule has 0 amide bonds. The molecule has 0 N–H and O–H groups in total. The van der Waals surface area contributed by atoms with E-state index < -0.39 is 0 Å². The van der Waals surface area contributed by atoms with Crippen molar-refractivity contribution in [2.45, 2.75) is 72.1 Å². The highest BCUT2D eigenvalue weighted by atomic mass is 14.1. The molecule has 0 heterocycles. The van der Waals surface area contributed by atoms with Crippen LogP contribution in [0.15, 0.2) is 18.2 Å². The van der Waals surface area contributed by atoms with Crippen molar-refractivity contribution in [1.29, 1.82) is 0 Å². The van der Waals surface area contributed by atoms with Crippen molar-refractivity contribution in [3.63, 3.8) is 0 Å². The summed E-state index contributed by atoms with van der Waals surface area (Å²) < 4.78 is 0. The van der Waals surface area contributed by atoms with Crippen molar-refractivity contribution >= 4 is 0 Å². The lowest BCUT2D eigenvalue weighted by Gasteiger charge is -2.17. The molecule has 96 valence electrons. The summed E-state index contributed by atoms with van der Waals surface area (Å²) >= 11 is 0. The Balaban J connectivity index is 2.96. The first-order chi connectivity index (χ1) is 8.20. The number of aryl methyl sites for hydroxylation is 1. The van der Waals surface area contributed by atoms with Crippen LogP contribution in [0.1, 0.15) is 76.0 Å². The molecule has 0 heteroatoms. The lowest BCUT2D eigenvalue weighted by atomic mass is 9.88. The maximum absolute atomic E-state index is 2.34. The summed E-state index contributed by atoms with van der Waals surface area (Å²) in [7, 11) is 0. The summed E-state index contributed by atoms with van der Waals surface area (Å²) in [6.07, 6.45) is 7.75. The highest BCUT2D eigenvalue weighted by Gasteiger charge is 2.10. The average molecular weight is 232 g/mol. The minimum atomic E-state index is 0.656. The standard InChI is InChI=1S/C17H28/c1-5-7-10-15-11-9-13-16(14(3)4)17(15)12-8-6-2/h9,11,13-14H,5-8,10,12H2,1-4H3. The number of hydrogen-bond donors (Lipinski definition) is 0. The van der Waals surface area contributed by atoms with E-state index >= 15 is 0 Å². The number of unbranched alkanes of at least 4 members (excludes halogenated alkanes) is 2. The second kappa shape index (κ2) is 7.53. The van der Waals surface area contributed by atoms with E-state index in [0.29, 0.717) is 5.92 Å². The smallest absolute Gasteiger partial charge is 0.0216 e. The number of hydrogen-bond acceptors (Lipinski definition) is 0. The number of benzene rings is 1. The van der Waals surface area contributed by atoms with Crippen LogP contribution in [-0.2, 0) is 12.8 Å². The van der Waals surface area contributed by atoms with Crippen molar-refractivity contribution in [2.75, 3.05) is 0 Å². The molecule has 0 spiro atoms. The highest BCUT2D eigenvalue weighted by molar-refractivity contribution is 5.37. The molecule has 0 unspecified atom stereocenters. The first-order valence-corrected chi connectivity index (χ1v) is 7.31. The highest BCUT2D eigenvalue weighted by Crippen LogP contribution is 2.25.